The minimum atomic E-state index is 0.751. The quantitative estimate of drug-likeness (QED) is 0.730. The Kier molecular flexibility index (Phi) is 2.72. The van der Waals surface area contributed by atoms with Crippen molar-refractivity contribution in [1.82, 2.24) is 9.78 Å². The van der Waals surface area contributed by atoms with Crippen LogP contribution in [0.25, 0.3) is 0 Å². The molecule has 1 aliphatic carbocycles. The highest BCUT2D eigenvalue weighted by Crippen LogP contribution is 2.32. The summed E-state index contributed by atoms with van der Waals surface area (Å²) in [5, 5.41) is 4.40. The van der Waals surface area contributed by atoms with Crippen LogP contribution < -0.4 is 0 Å². The Morgan fingerprint density at radius 3 is 3.00 bits per heavy atom. The molecule has 1 heterocycles. The van der Waals surface area contributed by atoms with E-state index in [0.29, 0.717) is 0 Å². The maximum Gasteiger partial charge on any atom is 0.0627 e. The lowest BCUT2D eigenvalue weighted by atomic mass is 10.0. The zero-order chi connectivity index (χ0) is 9.26. The summed E-state index contributed by atoms with van der Waals surface area (Å²) in [6.07, 6.45) is 7.18. The van der Waals surface area contributed by atoms with Gasteiger partial charge in [-0.3, -0.25) is 4.68 Å². The number of halogens is 1. The molecule has 13 heavy (non-hydrogen) atoms. The van der Waals surface area contributed by atoms with Crippen LogP contribution in [-0.4, -0.2) is 14.6 Å². The van der Waals surface area contributed by atoms with E-state index in [-0.39, 0.29) is 0 Å². The summed E-state index contributed by atoms with van der Waals surface area (Å²) in [6, 6.07) is 2.13. The van der Waals surface area contributed by atoms with Crippen LogP contribution >= 0.6 is 15.9 Å². The minimum absolute atomic E-state index is 0.751. The summed E-state index contributed by atoms with van der Waals surface area (Å²) in [5.74, 6) is 0.847. The smallest absolute Gasteiger partial charge is 0.0627 e. The first kappa shape index (κ1) is 9.25. The Bertz CT molecular complexity index is 282. The highest BCUT2D eigenvalue weighted by atomic mass is 79.9. The number of alkyl halides is 1. The summed E-state index contributed by atoms with van der Waals surface area (Å²) in [4.78, 5) is 0.751. The first-order valence-corrected chi connectivity index (χ1v) is 5.78. The molecule has 2 unspecified atom stereocenters. The van der Waals surface area contributed by atoms with Crippen molar-refractivity contribution in [3.05, 3.63) is 18.0 Å². The van der Waals surface area contributed by atoms with Gasteiger partial charge in [0.25, 0.3) is 0 Å². The van der Waals surface area contributed by atoms with Gasteiger partial charge in [-0.15, -0.1) is 0 Å². The highest BCUT2D eigenvalue weighted by Gasteiger charge is 2.23. The molecule has 0 saturated heterocycles. The molecule has 0 aromatic carbocycles. The van der Waals surface area contributed by atoms with Gasteiger partial charge in [-0.1, -0.05) is 15.9 Å². The number of aryl methyl sites for hydroxylation is 1. The van der Waals surface area contributed by atoms with Crippen molar-refractivity contribution in [3.8, 4) is 0 Å². The van der Waals surface area contributed by atoms with Crippen molar-refractivity contribution < 1.29 is 0 Å². The van der Waals surface area contributed by atoms with E-state index in [9.17, 15) is 0 Å². The zero-order valence-electron chi connectivity index (χ0n) is 7.91. The Balaban J connectivity index is 1.91. The van der Waals surface area contributed by atoms with Crippen molar-refractivity contribution in [2.45, 2.75) is 30.5 Å². The Morgan fingerprint density at radius 2 is 2.46 bits per heavy atom. The van der Waals surface area contributed by atoms with E-state index in [2.05, 4.69) is 27.1 Å². The van der Waals surface area contributed by atoms with Crippen molar-refractivity contribution in [2.75, 3.05) is 0 Å². The fourth-order valence-electron chi connectivity index (χ4n) is 2.07. The van der Waals surface area contributed by atoms with E-state index in [0.717, 1.165) is 17.2 Å². The fourth-order valence-corrected chi connectivity index (χ4v) is 2.86. The molecule has 0 aliphatic heterocycles. The Morgan fingerprint density at radius 1 is 1.62 bits per heavy atom. The average Bonchev–Trinajstić information content (AvgIpc) is 2.62. The predicted molar refractivity (Wildman–Crippen MR) is 57.0 cm³/mol. The number of hydrogen-bond acceptors (Lipinski definition) is 1. The van der Waals surface area contributed by atoms with Gasteiger partial charge in [-0.25, -0.2) is 0 Å². The average molecular weight is 243 g/mol. The molecule has 1 fully saturated rings. The van der Waals surface area contributed by atoms with Gasteiger partial charge in [-0.05, 0) is 37.7 Å². The van der Waals surface area contributed by atoms with Crippen LogP contribution in [0.4, 0.5) is 0 Å². The van der Waals surface area contributed by atoms with E-state index >= 15 is 0 Å². The lowest BCUT2D eigenvalue weighted by molar-refractivity contribution is 0.535. The van der Waals surface area contributed by atoms with Crippen molar-refractivity contribution in [1.29, 1.82) is 0 Å². The molecule has 72 valence electrons. The monoisotopic (exact) mass is 242 g/mol. The number of aromatic nitrogens is 2. The minimum Gasteiger partial charge on any atom is -0.276 e. The summed E-state index contributed by atoms with van der Waals surface area (Å²) in [5.41, 5.74) is 1.24. The first-order chi connectivity index (χ1) is 6.24. The third-order valence-electron chi connectivity index (χ3n) is 2.74. The molecular weight excluding hydrogens is 228 g/mol. The molecule has 2 atom stereocenters. The zero-order valence-corrected chi connectivity index (χ0v) is 9.50. The number of hydrogen-bond donors (Lipinski definition) is 0. The topological polar surface area (TPSA) is 17.8 Å². The lowest BCUT2D eigenvalue weighted by Crippen LogP contribution is -2.01. The number of nitrogens with zero attached hydrogens (tertiary/aromatic N) is 2. The van der Waals surface area contributed by atoms with E-state index in [1.165, 1.54) is 25.0 Å². The fraction of sp³-hybridized carbons (Fsp3) is 0.700. The molecule has 1 saturated carbocycles. The number of rotatable bonds is 2. The second-order valence-electron chi connectivity index (χ2n) is 3.96. The van der Waals surface area contributed by atoms with Crippen molar-refractivity contribution in [3.63, 3.8) is 0 Å². The summed E-state index contributed by atoms with van der Waals surface area (Å²) in [7, 11) is 1.98. The summed E-state index contributed by atoms with van der Waals surface area (Å²) >= 11 is 3.67. The Labute approximate surface area is 87.5 Å². The van der Waals surface area contributed by atoms with Crippen molar-refractivity contribution in [2.24, 2.45) is 13.0 Å². The predicted octanol–water partition coefficient (Wildman–Crippen LogP) is 2.53. The van der Waals surface area contributed by atoms with Gasteiger partial charge < -0.3 is 0 Å². The molecule has 0 N–H and O–H groups in total. The van der Waals surface area contributed by atoms with Crippen LogP contribution in [-0.2, 0) is 13.5 Å². The van der Waals surface area contributed by atoms with E-state index in [1.807, 2.05) is 17.9 Å². The summed E-state index contributed by atoms with van der Waals surface area (Å²) < 4.78 is 1.88. The van der Waals surface area contributed by atoms with Crippen LogP contribution in [0.2, 0.25) is 0 Å². The molecule has 1 aliphatic rings. The lowest BCUT2D eigenvalue weighted by Gasteiger charge is -2.05. The van der Waals surface area contributed by atoms with Gasteiger partial charge in [0.2, 0.25) is 0 Å². The molecule has 0 bridgehead atoms. The van der Waals surface area contributed by atoms with Crippen LogP contribution in [0.5, 0.6) is 0 Å². The van der Waals surface area contributed by atoms with Crippen LogP contribution in [0, 0.1) is 5.92 Å². The van der Waals surface area contributed by atoms with Gasteiger partial charge in [0.15, 0.2) is 0 Å². The third-order valence-corrected chi connectivity index (χ3v) is 3.58. The maximum absolute atomic E-state index is 4.40. The normalized spacial score (nSPS) is 28.2. The molecule has 2 rings (SSSR count). The standard InChI is InChI=1S/C10H15BrN2/c1-13-5-4-10(12-13)7-8-2-3-9(11)6-8/h4-5,8-9H,2-3,6-7H2,1H3. The van der Waals surface area contributed by atoms with E-state index < -0.39 is 0 Å². The first-order valence-electron chi connectivity index (χ1n) is 4.86. The second kappa shape index (κ2) is 3.82. The third kappa shape index (κ3) is 2.33. The molecular formula is C10H15BrN2. The van der Waals surface area contributed by atoms with E-state index in [4.69, 9.17) is 0 Å². The van der Waals surface area contributed by atoms with Crippen LogP contribution in [0.15, 0.2) is 12.3 Å². The summed E-state index contributed by atoms with van der Waals surface area (Å²) in [6.45, 7) is 0. The van der Waals surface area contributed by atoms with Crippen molar-refractivity contribution >= 4 is 15.9 Å². The van der Waals surface area contributed by atoms with Gasteiger partial charge in [0.05, 0.1) is 5.69 Å². The van der Waals surface area contributed by atoms with Gasteiger partial charge in [0.1, 0.15) is 0 Å². The maximum atomic E-state index is 4.40. The Hall–Kier alpha value is -0.310. The van der Waals surface area contributed by atoms with Gasteiger partial charge in [0, 0.05) is 18.1 Å². The molecule has 3 heteroatoms. The molecule has 2 nitrogen and oxygen atoms in total. The highest BCUT2D eigenvalue weighted by molar-refractivity contribution is 9.09. The molecule has 1 aromatic heterocycles. The molecule has 1 aromatic rings. The molecule has 0 spiro atoms. The van der Waals surface area contributed by atoms with Gasteiger partial charge in [-0.2, -0.15) is 5.10 Å². The van der Waals surface area contributed by atoms with Gasteiger partial charge >= 0.3 is 0 Å². The SMILES string of the molecule is Cn1ccc(CC2CCC(Br)C2)n1. The second-order valence-corrected chi connectivity index (χ2v) is 5.26. The largest absolute Gasteiger partial charge is 0.276 e. The van der Waals surface area contributed by atoms with Crippen LogP contribution in [0.1, 0.15) is 25.0 Å². The molecule has 0 radical (unpaired) electrons. The van der Waals surface area contributed by atoms with E-state index in [1.54, 1.807) is 0 Å². The molecule has 0 amide bonds. The van der Waals surface area contributed by atoms with Crippen LogP contribution in [0.3, 0.4) is 0 Å².